The quantitative estimate of drug-likeness (QED) is 0.472. The second-order valence-electron chi connectivity index (χ2n) is 1.83. The first kappa shape index (κ1) is 9.40. The zero-order valence-electron chi connectivity index (χ0n) is 5.55. The van der Waals surface area contributed by atoms with Crippen LogP contribution in [0.15, 0.2) is 24.3 Å². The Bertz CT molecular complexity index is 206. The molecule has 0 aromatic heterocycles. The molecular formula is C8H7CoO-. The molecule has 0 bridgehead atoms. The van der Waals surface area contributed by atoms with Crippen LogP contribution in [0.4, 0.5) is 0 Å². The third-order valence-electron chi connectivity index (χ3n) is 1.09. The molecule has 1 nitrogen and oxygen atoms in total. The second kappa shape index (κ2) is 4.25. The van der Waals surface area contributed by atoms with Crippen LogP contribution in [0.5, 0.6) is 0 Å². The van der Waals surface area contributed by atoms with Crippen molar-refractivity contribution in [1.82, 2.24) is 0 Å². The third kappa shape index (κ3) is 2.33. The number of benzene rings is 1. The van der Waals surface area contributed by atoms with Crippen molar-refractivity contribution in [3.05, 3.63) is 35.9 Å². The number of Topliss-reactive ketones (excluding diaryl/α,β-unsaturated/α-hetero) is 1. The third-order valence-corrected chi connectivity index (χ3v) is 1.09. The van der Waals surface area contributed by atoms with Gasteiger partial charge in [-0.1, -0.05) is 0 Å². The molecule has 0 unspecified atom stereocenters. The zero-order valence-corrected chi connectivity index (χ0v) is 6.59. The van der Waals surface area contributed by atoms with Crippen LogP contribution in [-0.4, -0.2) is 5.78 Å². The van der Waals surface area contributed by atoms with Gasteiger partial charge in [0.2, 0.25) is 0 Å². The summed E-state index contributed by atoms with van der Waals surface area (Å²) in [7, 11) is 0. The molecule has 0 fully saturated rings. The summed E-state index contributed by atoms with van der Waals surface area (Å²) in [6.07, 6.45) is 0. The molecule has 1 radical (unpaired) electrons. The minimum absolute atomic E-state index is 0. The molecule has 0 aliphatic heterocycles. The van der Waals surface area contributed by atoms with Crippen molar-refractivity contribution in [2.45, 2.75) is 6.92 Å². The van der Waals surface area contributed by atoms with E-state index in [1.807, 2.05) is 12.1 Å². The van der Waals surface area contributed by atoms with Crippen LogP contribution in [0.3, 0.4) is 0 Å². The van der Waals surface area contributed by atoms with Gasteiger partial charge in [0.1, 0.15) is 0 Å². The Morgan fingerprint density at radius 1 is 1.50 bits per heavy atom. The maximum atomic E-state index is 10.6. The van der Waals surface area contributed by atoms with Gasteiger partial charge in [0, 0.05) is 16.8 Å². The summed E-state index contributed by atoms with van der Waals surface area (Å²) in [4.78, 5) is 10.6. The average molecular weight is 178 g/mol. The van der Waals surface area contributed by atoms with Crippen molar-refractivity contribution in [2.75, 3.05) is 0 Å². The molecule has 0 atom stereocenters. The summed E-state index contributed by atoms with van der Waals surface area (Å²) in [5.74, 6) is 0.0654. The SMILES string of the molecule is CC(=O)c1[c-]cccc1.[Co]. The molecule has 0 spiro atoms. The van der Waals surface area contributed by atoms with Crippen LogP contribution in [0.25, 0.3) is 0 Å². The van der Waals surface area contributed by atoms with Crippen molar-refractivity contribution in [2.24, 2.45) is 0 Å². The average Bonchev–Trinajstić information content (AvgIpc) is 1.90. The molecule has 1 aromatic carbocycles. The topological polar surface area (TPSA) is 17.1 Å². The maximum absolute atomic E-state index is 10.6. The number of hydrogen-bond donors (Lipinski definition) is 0. The van der Waals surface area contributed by atoms with E-state index in [2.05, 4.69) is 6.07 Å². The zero-order chi connectivity index (χ0) is 6.69. The fourth-order valence-corrected chi connectivity index (χ4v) is 0.612. The number of carbonyl (C=O) groups is 1. The summed E-state index contributed by atoms with van der Waals surface area (Å²) in [5.41, 5.74) is 0.650. The number of ketones is 1. The van der Waals surface area contributed by atoms with E-state index >= 15 is 0 Å². The predicted octanol–water partition coefficient (Wildman–Crippen LogP) is 1.69. The van der Waals surface area contributed by atoms with Crippen molar-refractivity contribution in [1.29, 1.82) is 0 Å². The van der Waals surface area contributed by atoms with Gasteiger partial charge in [0.05, 0.1) is 5.78 Å². The van der Waals surface area contributed by atoms with Gasteiger partial charge in [0.25, 0.3) is 0 Å². The largest absolute Gasteiger partial charge is 0.352 e. The Morgan fingerprint density at radius 3 is 2.50 bits per heavy atom. The minimum atomic E-state index is 0. The van der Waals surface area contributed by atoms with E-state index < -0.39 is 0 Å². The van der Waals surface area contributed by atoms with Gasteiger partial charge in [-0.3, -0.25) is 0 Å². The van der Waals surface area contributed by atoms with Gasteiger partial charge < -0.3 is 4.79 Å². The van der Waals surface area contributed by atoms with Gasteiger partial charge in [-0.2, -0.15) is 0 Å². The monoisotopic (exact) mass is 178 g/mol. The predicted molar refractivity (Wildman–Crippen MR) is 35.3 cm³/mol. The molecule has 10 heavy (non-hydrogen) atoms. The van der Waals surface area contributed by atoms with E-state index in [1.165, 1.54) is 6.92 Å². The fraction of sp³-hybridized carbons (Fsp3) is 0.125. The van der Waals surface area contributed by atoms with Crippen LogP contribution >= 0.6 is 0 Å². The van der Waals surface area contributed by atoms with E-state index in [9.17, 15) is 4.79 Å². The second-order valence-corrected chi connectivity index (χ2v) is 1.83. The van der Waals surface area contributed by atoms with Gasteiger partial charge in [-0.15, -0.1) is 35.9 Å². The number of carbonyl (C=O) groups excluding carboxylic acids is 1. The number of rotatable bonds is 1. The smallest absolute Gasteiger partial charge is 0.0755 e. The molecule has 0 saturated heterocycles. The molecule has 1 aromatic rings. The standard InChI is InChI=1S/C8H7O.Co/c1-7(9)8-5-3-2-4-6-8;/h2-5H,1H3;/q-1;. The first-order valence-electron chi connectivity index (χ1n) is 2.78. The molecule has 55 valence electrons. The molecule has 0 N–H and O–H groups in total. The van der Waals surface area contributed by atoms with E-state index in [0.717, 1.165) is 0 Å². The molecule has 0 aliphatic rings. The van der Waals surface area contributed by atoms with E-state index in [4.69, 9.17) is 0 Å². The van der Waals surface area contributed by atoms with Gasteiger partial charge >= 0.3 is 0 Å². The molecule has 0 heterocycles. The van der Waals surface area contributed by atoms with Crippen LogP contribution in [-0.2, 0) is 16.8 Å². The van der Waals surface area contributed by atoms with Crippen LogP contribution in [0.2, 0.25) is 0 Å². The summed E-state index contributed by atoms with van der Waals surface area (Å²) < 4.78 is 0. The Balaban J connectivity index is 0.000000810. The Hall–Kier alpha value is -0.604. The summed E-state index contributed by atoms with van der Waals surface area (Å²) >= 11 is 0. The van der Waals surface area contributed by atoms with Crippen molar-refractivity contribution in [3.63, 3.8) is 0 Å². The van der Waals surface area contributed by atoms with Crippen LogP contribution in [0.1, 0.15) is 17.3 Å². The van der Waals surface area contributed by atoms with Gasteiger partial charge in [-0.05, 0) is 6.92 Å². The summed E-state index contributed by atoms with van der Waals surface area (Å²) in [6, 6.07) is 9.97. The van der Waals surface area contributed by atoms with Crippen molar-refractivity contribution in [3.8, 4) is 0 Å². The van der Waals surface area contributed by atoms with Crippen molar-refractivity contribution >= 4 is 5.78 Å². The first-order chi connectivity index (χ1) is 4.30. The Kier molecular flexibility index (Phi) is 3.99. The van der Waals surface area contributed by atoms with Crippen LogP contribution in [0, 0.1) is 6.07 Å². The van der Waals surface area contributed by atoms with Crippen molar-refractivity contribution < 1.29 is 21.6 Å². The van der Waals surface area contributed by atoms with E-state index in [-0.39, 0.29) is 22.6 Å². The van der Waals surface area contributed by atoms with Gasteiger partial charge in [0.15, 0.2) is 0 Å². The van der Waals surface area contributed by atoms with E-state index in [0.29, 0.717) is 5.56 Å². The first-order valence-corrected chi connectivity index (χ1v) is 2.78. The van der Waals surface area contributed by atoms with Gasteiger partial charge in [-0.25, -0.2) is 0 Å². The molecule has 0 saturated carbocycles. The van der Waals surface area contributed by atoms with Crippen LogP contribution < -0.4 is 0 Å². The molecule has 0 aliphatic carbocycles. The summed E-state index contributed by atoms with van der Waals surface area (Å²) in [5, 5.41) is 0. The molecule has 0 amide bonds. The normalized spacial score (nSPS) is 8.10. The molecule has 1 rings (SSSR count). The minimum Gasteiger partial charge on any atom is -0.352 e. The maximum Gasteiger partial charge on any atom is 0.0755 e. The Morgan fingerprint density at radius 2 is 2.20 bits per heavy atom. The Labute approximate surface area is 70.6 Å². The molecular weight excluding hydrogens is 171 g/mol. The summed E-state index contributed by atoms with van der Waals surface area (Å²) in [6.45, 7) is 1.53. The molecule has 2 heteroatoms. The number of hydrogen-bond acceptors (Lipinski definition) is 1. The fourth-order valence-electron chi connectivity index (χ4n) is 0.612. The van der Waals surface area contributed by atoms with E-state index in [1.54, 1.807) is 12.1 Å².